The van der Waals surface area contributed by atoms with Crippen molar-refractivity contribution in [1.29, 1.82) is 0 Å². The lowest BCUT2D eigenvalue weighted by Crippen LogP contribution is -2.46. The molecule has 1 fully saturated rings. The fourth-order valence-electron chi connectivity index (χ4n) is 3.16. The van der Waals surface area contributed by atoms with Crippen molar-refractivity contribution < 1.29 is 27.7 Å². The number of halogens is 2. The number of carbonyl (C=O) groups excluding carboxylic acids is 2. The van der Waals surface area contributed by atoms with Crippen LogP contribution in [0.25, 0.3) is 0 Å². The van der Waals surface area contributed by atoms with Crippen molar-refractivity contribution in [1.82, 2.24) is 5.32 Å². The topological polar surface area (TPSA) is 90.6 Å². The lowest BCUT2D eigenvalue weighted by Gasteiger charge is -2.32. The molecule has 1 saturated heterocycles. The van der Waals surface area contributed by atoms with E-state index in [1.54, 1.807) is 12.1 Å². The summed E-state index contributed by atoms with van der Waals surface area (Å²) in [7, 11) is -0.521. The van der Waals surface area contributed by atoms with Gasteiger partial charge >= 0.3 is 7.12 Å². The first-order valence-corrected chi connectivity index (χ1v) is 9.89. The predicted octanol–water partition coefficient (Wildman–Crippen LogP) is 2.09. The maximum absolute atomic E-state index is 13.8. The van der Waals surface area contributed by atoms with Gasteiger partial charge in [-0.25, -0.2) is 8.78 Å². The zero-order valence-electron chi connectivity index (χ0n) is 17.9. The number of hydrogen-bond acceptors (Lipinski definition) is 4. The fourth-order valence-corrected chi connectivity index (χ4v) is 3.16. The van der Waals surface area contributed by atoms with E-state index < -0.39 is 47.8 Å². The van der Waals surface area contributed by atoms with Gasteiger partial charge in [-0.15, -0.1) is 0 Å². The zero-order valence-corrected chi connectivity index (χ0v) is 17.9. The molecule has 0 unspecified atom stereocenters. The van der Waals surface area contributed by atoms with E-state index in [1.165, 1.54) is 0 Å². The second-order valence-electron chi connectivity index (χ2n) is 8.59. The van der Waals surface area contributed by atoms with Crippen molar-refractivity contribution in [3.8, 4) is 0 Å². The molecule has 3 rings (SSSR count). The van der Waals surface area contributed by atoms with Crippen LogP contribution in [0.4, 0.5) is 8.78 Å². The highest BCUT2D eigenvalue weighted by atomic mass is 19.1. The number of benzene rings is 2. The van der Waals surface area contributed by atoms with E-state index in [2.05, 4.69) is 5.32 Å². The Morgan fingerprint density at radius 3 is 2.13 bits per heavy atom. The Kier molecular flexibility index (Phi) is 6.20. The Balaban J connectivity index is 1.69. The molecule has 9 heteroatoms. The molecule has 0 aliphatic carbocycles. The predicted molar refractivity (Wildman–Crippen MR) is 113 cm³/mol. The molecule has 2 aromatic carbocycles. The van der Waals surface area contributed by atoms with E-state index in [-0.39, 0.29) is 12.0 Å². The summed E-state index contributed by atoms with van der Waals surface area (Å²) in [6.45, 7) is 7.86. The number of primary amides is 1. The van der Waals surface area contributed by atoms with Gasteiger partial charge in [-0.2, -0.15) is 0 Å². The average Bonchev–Trinajstić information content (AvgIpc) is 2.89. The molecule has 1 heterocycles. The number of hydrogen-bond donors (Lipinski definition) is 2. The van der Waals surface area contributed by atoms with Gasteiger partial charge in [0.2, 0.25) is 5.91 Å². The number of nitrogens with one attached hydrogen (secondary N) is 1. The van der Waals surface area contributed by atoms with Gasteiger partial charge in [-0.3, -0.25) is 9.59 Å². The maximum Gasteiger partial charge on any atom is 0.494 e. The van der Waals surface area contributed by atoms with Crippen LogP contribution in [0.15, 0.2) is 42.5 Å². The van der Waals surface area contributed by atoms with Gasteiger partial charge in [0.15, 0.2) is 0 Å². The summed E-state index contributed by atoms with van der Waals surface area (Å²) in [5.41, 5.74) is 5.65. The van der Waals surface area contributed by atoms with Crippen molar-refractivity contribution in [2.24, 2.45) is 5.73 Å². The molecule has 0 radical (unpaired) electrons. The Morgan fingerprint density at radius 1 is 1.03 bits per heavy atom. The number of carbonyl (C=O) groups is 2. The third-order valence-corrected chi connectivity index (χ3v) is 5.77. The monoisotopic (exact) mass is 430 g/mol. The molecular weight excluding hydrogens is 405 g/mol. The molecule has 0 aromatic heterocycles. The Bertz CT molecular complexity index is 980. The summed E-state index contributed by atoms with van der Waals surface area (Å²) >= 11 is 0. The number of rotatable bonds is 6. The van der Waals surface area contributed by atoms with Gasteiger partial charge < -0.3 is 20.4 Å². The van der Waals surface area contributed by atoms with E-state index in [9.17, 15) is 18.4 Å². The summed E-state index contributed by atoms with van der Waals surface area (Å²) in [6.07, 6.45) is 0.105. The second kappa shape index (κ2) is 8.40. The highest BCUT2D eigenvalue weighted by Crippen LogP contribution is 2.36. The van der Waals surface area contributed by atoms with Crippen molar-refractivity contribution in [2.45, 2.75) is 51.4 Å². The third kappa shape index (κ3) is 4.94. The first kappa shape index (κ1) is 22.9. The first-order chi connectivity index (χ1) is 14.4. The fraction of sp³-hybridized carbons (Fsp3) is 0.364. The van der Waals surface area contributed by atoms with E-state index in [1.807, 2.05) is 39.8 Å². The molecular formula is C22H25BF2N2O4. The van der Waals surface area contributed by atoms with Crippen molar-refractivity contribution >= 4 is 24.4 Å². The third-order valence-electron chi connectivity index (χ3n) is 5.77. The molecule has 31 heavy (non-hydrogen) atoms. The highest BCUT2D eigenvalue weighted by Gasteiger charge is 2.51. The van der Waals surface area contributed by atoms with Gasteiger partial charge in [0, 0.05) is 12.5 Å². The second-order valence-corrected chi connectivity index (χ2v) is 8.59. The van der Waals surface area contributed by atoms with Crippen LogP contribution in [-0.2, 0) is 20.5 Å². The largest absolute Gasteiger partial charge is 0.494 e. The van der Waals surface area contributed by atoms with Gasteiger partial charge in [-0.05, 0) is 50.9 Å². The smallest absolute Gasteiger partial charge is 0.399 e. The number of nitrogens with two attached hydrogens (primary N) is 1. The van der Waals surface area contributed by atoms with Crippen LogP contribution in [0, 0.1) is 11.6 Å². The quantitative estimate of drug-likeness (QED) is 0.687. The lowest BCUT2D eigenvalue weighted by molar-refractivity contribution is -0.119. The Labute approximate surface area is 180 Å². The van der Waals surface area contributed by atoms with E-state index in [4.69, 9.17) is 15.0 Å². The van der Waals surface area contributed by atoms with E-state index in [0.29, 0.717) is 6.07 Å². The molecule has 0 bridgehead atoms. The van der Waals surface area contributed by atoms with Crippen molar-refractivity contribution in [3.63, 3.8) is 0 Å². The van der Waals surface area contributed by atoms with Crippen LogP contribution < -0.4 is 16.5 Å². The molecule has 1 atom stereocenters. The van der Waals surface area contributed by atoms with Gasteiger partial charge in [0.05, 0.1) is 16.8 Å². The van der Waals surface area contributed by atoms with Gasteiger partial charge in [0.1, 0.15) is 17.7 Å². The first-order valence-electron chi connectivity index (χ1n) is 9.89. The van der Waals surface area contributed by atoms with Crippen LogP contribution >= 0.6 is 0 Å². The van der Waals surface area contributed by atoms with Gasteiger partial charge in [-0.1, -0.05) is 24.3 Å². The average molecular weight is 430 g/mol. The van der Waals surface area contributed by atoms with Crippen molar-refractivity contribution in [3.05, 3.63) is 65.2 Å². The molecule has 164 valence electrons. The van der Waals surface area contributed by atoms with Crippen LogP contribution in [0.1, 0.15) is 43.6 Å². The summed E-state index contributed by atoms with van der Waals surface area (Å²) in [5, 5.41) is 2.41. The van der Waals surface area contributed by atoms with Crippen LogP contribution in [0.2, 0.25) is 0 Å². The molecule has 0 saturated carbocycles. The van der Waals surface area contributed by atoms with Crippen molar-refractivity contribution in [2.75, 3.05) is 0 Å². The standard InChI is InChI=1S/C22H25BF2N2O4/c1-21(2)22(3,4)31-23(30-21)14-7-5-13(6-8-14)11-18(19(26)28)27-20(29)16-10-9-15(24)12-17(16)25/h5-10,12,18H,11H2,1-4H3,(H2,26,28)(H,27,29)/t18-/m0/s1. The summed E-state index contributed by atoms with van der Waals surface area (Å²) < 4.78 is 38.9. The molecule has 6 nitrogen and oxygen atoms in total. The normalized spacial score (nSPS) is 17.9. The van der Waals surface area contributed by atoms with Crippen LogP contribution in [-0.4, -0.2) is 36.2 Å². The molecule has 3 N–H and O–H groups in total. The minimum Gasteiger partial charge on any atom is -0.399 e. The molecule has 0 spiro atoms. The molecule has 2 aromatic rings. The summed E-state index contributed by atoms with van der Waals surface area (Å²) in [4.78, 5) is 24.2. The molecule has 1 aliphatic heterocycles. The Hall–Kier alpha value is -2.78. The minimum atomic E-state index is -1.07. The molecule has 1 aliphatic rings. The lowest BCUT2D eigenvalue weighted by atomic mass is 9.78. The highest BCUT2D eigenvalue weighted by molar-refractivity contribution is 6.62. The van der Waals surface area contributed by atoms with Crippen LogP contribution in [0.5, 0.6) is 0 Å². The van der Waals surface area contributed by atoms with Gasteiger partial charge in [0.25, 0.3) is 5.91 Å². The summed E-state index contributed by atoms with van der Waals surface area (Å²) in [5.74, 6) is -3.45. The Morgan fingerprint density at radius 2 is 1.61 bits per heavy atom. The number of amides is 2. The maximum atomic E-state index is 13.8. The van der Waals surface area contributed by atoms with E-state index in [0.717, 1.165) is 23.2 Å². The minimum absolute atomic E-state index is 0.105. The van der Waals surface area contributed by atoms with E-state index >= 15 is 0 Å². The molecule has 2 amide bonds. The van der Waals surface area contributed by atoms with Crippen LogP contribution in [0.3, 0.4) is 0 Å². The SMILES string of the molecule is CC1(C)OB(c2ccc(C[C@H](NC(=O)c3ccc(F)cc3F)C(N)=O)cc2)OC1(C)C. The zero-order chi connectivity index (χ0) is 23.0. The summed E-state index contributed by atoms with van der Waals surface area (Å²) in [6, 6.07) is 8.70.